The van der Waals surface area contributed by atoms with Gasteiger partial charge in [-0.05, 0) is 48.5 Å². The van der Waals surface area contributed by atoms with E-state index in [0.717, 1.165) is 0 Å². The SMILES string of the molecule is O=C(Nc1ccc(S(=O)(=O)Nc2ccccc2)cc1)c1ccncc1. The molecule has 2 N–H and O–H groups in total. The normalized spacial score (nSPS) is 10.9. The van der Waals surface area contributed by atoms with E-state index in [2.05, 4.69) is 15.0 Å². The quantitative estimate of drug-likeness (QED) is 0.737. The molecule has 2 aromatic carbocycles. The summed E-state index contributed by atoms with van der Waals surface area (Å²) in [6, 6.07) is 17.8. The van der Waals surface area contributed by atoms with E-state index >= 15 is 0 Å². The molecule has 0 unspecified atom stereocenters. The maximum atomic E-state index is 12.4. The molecule has 126 valence electrons. The number of nitrogens with one attached hydrogen (secondary N) is 2. The van der Waals surface area contributed by atoms with Gasteiger partial charge in [-0.3, -0.25) is 14.5 Å². The van der Waals surface area contributed by atoms with Crippen LogP contribution < -0.4 is 10.0 Å². The molecular formula is C18H15N3O3S. The van der Waals surface area contributed by atoms with Gasteiger partial charge in [0, 0.05) is 29.3 Å². The molecule has 0 aliphatic carbocycles. The van der Waals surface area contributed by atoms with Crippen molar-refractivity contribution in [2.24, 2.45) is 0 Å². The summed E-state index contributed by atoms with van der Waals surface area (Å²) in [7, 11) is -3.68. The number of rotatable bonds is 5. The fourth-order valence-electron chi connectivity index (χ4n) is 2.14. The van der Waals surface area contributed by atoms with Gasteiger partial charge in [0.25, 0.3) is 15.9 Å². The Morgan fingerprint density at radius 1 is 0.800 bits per heavy atom. The van der Waals surface area contributed by atoms with Gasteiger partial charge in [-0.15, -0.1) is 0 Å². The molecule has 6 nitrogen and oxygen atoms in total. The van der Waals surface area contributed by atoms with Crippen molar-refractivity contribution in [2.45, 2.75) is 4.90 Å². The van der Waals surface area contributed by atoms with E-state index in [9.17, 15) is 13.2 Å². The van der Waals surface area contributed by atoms with Crippen molar-refractivity contribution in [1.82, 2.24) is 4.98 Å². The Morgan fingerprint density at radius 3 is 2.08 bits per heavy atom. The number of pyridine rings is 1. The van der Waals surface area contributed by atoms with Gasteiger partial charge in [0.05, 0.1) is 4.90 Å². The van der Waals surface area contributed by atoms with Gasteiger partial charge in [0.2, 0.25) is 0 Å². The molecule has 3 aromatic rings. The molecule has 0 saturated carbocycles. The maximum Gasteiger partial charge on any atom is 0.261 e. The molecule has 0 aliphatic rings. The smallest absolute Gasteiger partial charge is 0.261 e. The predicted molar refractivity (Wildman–Crippen MR) is 95.9 cm³/mol. The number of carbonyl (C=O) groups is 1. The molecule has 0 aliphatic heterocycles. The molecule has 0 saturated heterocycles. The molecule has 0 bridgehead atoms. The first-order valence-electron chi connectivity index (χ1n) is 7.44. The Morgan fingerprint density at radius 2 is 1.44 bits per heavy atom. The van der Waals surface area contributed by atoms with E-state index in [1.165, 1.54) is 24.5 Å². The number of hydrogen-bond acceptors (Lipinski definition) is 4. The number of hydrogen-bond donors (Lipinski definition) is 2. The summed E-state index contributed by atoms with van der Waals surface area (Å²) in [4.78, 5) is 16.0. The monoisotopic (exact) mass is 353 g/mol. The average Bonchev–Trinajstić information content (AvgIpc) is 2.63. The highest BCUT2D eigenvalue weighted by atomic mass is 32.2. The molecule has 0 atom stereocenters. The van der Waals surface area contributed by atoms with Crippen molar-refractivity contribution in [3.05, 3.63) is 84.7 Å². The summed E-state index contributed by atoms with van der Waals surface area (Å²) in [6.45, 7) is 0. The van der Waals surface area contributed by atoms with Crippen LogP contribution in [0.4, 0.5) is 11.4 Å². The Hall–Kier alpha value is -3.19. The number of aromatic nitrogens is 1. The van der Waals surface area contributed by atoms with Gasteiger partial charge < -0.3 is 5.32 Å². The van der Waals surface area contributed by atoms with Gasteiger partial charge in [-0.25, -0.2) is 8.42 Å². The fourth-order valence-corrected chi connectivity index (χ4v) is 3.20. The topological polar surface area (TPSA) is 88.2 Å². The highest BCUT2D eigenvalue weighted by Crippen LogP contribution is 2.18. The van der Waals surface area contributed by atoms with E-state index in [4.69, 9.17) is 0 Å². The van der Waals surface area contributed by atoms with E-state index in [0.29, 0.717) is 16.9 Å². The van der Waals surface area contributed by atoms with Crippen LogP contribution in [0.3, 0.4) is 0 Å². The van der Waals surface area contributed by atoms with E-state index in [1.54, 1.807) is 54.6 Å². The summed E-state index contributed by atoms with van der Waals surface area (Å²) >= 11 is 0. The van der Waals surface area contributed by atoms with Gasteiger partial charge in [0.1, 0.15) is 0 Å². The molecule has 0 radical (unpaired) electrons. The first-order chi connectivity index (χ1) is 12.0. The summed E-state index contributed by atoms with van der Waals surface area (Å²) in [5.74, 6) is -0.291. The first-order valence-corrected chi connectivity index (χ1v) is 8.92. The van der Waals surface area contributed by atoms with Gasteiger partial charge >= 0.3 is 0 Å². The Bertz CT molecular complexity index is 957. The average molecular weight is 353 g/mol. The third-order valence-electron chi connectivity index (χ3n) is 3.39. The third-order valence-corrected chi connectivity index (χ3v) is 4.79. The molecule has 1 aromatic heterocycles. The number of carbonyl (C=O) groups excluding carboxylic acids is 1. The van der Waals surface area contributed by atoms with E-state index in [-0.39, 0.29) is 10.8 Å². The second-order valence-electron chi connectivity index (χ2n) is 5.19. The molecule has 0 fully saturated rings. The second-order valence-corrected chi connectivity index (χ2v) is 6.87. The molecule has 0 spiro atoms. The summed E-state index contributed by atoms with van der Waals surface area (Å²) < 4.78 is 27.2. The Labute approximate surface area is 145 Å². The van der Waals surface area contributed by atoms with E-state index < -0.39 is 10.0 Å². The van der Waals surface area contributed by atoms with Crippen molar-refractivity contribution in [3.63, 3.8) is 0 Å². The zero-order valence-corrected chi connectivity index (χ0v) is 13.9. The van der Waals surface area contributed by atoms with Gasteiger partial charge in [-0.1, -0.05) is 18.2 Å². The summed E-state index contributed by atoms with van der Waals surface area (Å²) in [5.41, 5.74) is 1.45. The first kappa shape index (κ1) is 16.7. The lowest BCUT2D eigenvalue weighted by atomic mass is 10.2. The number of anilines is 2. The van der Waals surface area contributed by atoms with Crippen molar-refractivity contribution in [3.8, 4) is 0 Å². The largest absolute Gasteiger partial charge is 0.322 e. The summed E-state index contributed by atoms with van der Waals surface area (Å²) in [6.07, 6.45) is 3.06. The maximum absolute atomic E-state index is 12.4. The Kier molecular flexibility index (Phi) is 4.76. The lowest BCUT2D eigenvalue weighted by molar-refractivity contribution is 0.102. The number of nitrogens with zero attached hydrogens (tertiary/aromatic N) is 1. The molecule has 25 heavy (non-hydrogen) atoms. The molecule has 1 amide bonds. The Balaban J connectivity index is 1.72. The molecular weight excluding hydrogens is 338 g/mol. The zero-order chi connectivity index (χ0) is 17.7. The lowest BCUT2D eigenvalue weighted by Crippen LogP contribution is -2.14. The van der Waals surface area contributed by atoms with Crippen LogP contribution in [0.1, 0.15) is 10.4 Å². The highest BCUT2D eigenvalue weighted by Gasteiger charge is 2.14. The number of amides is 1. The van der Waals surface area contributed by atoms with Crippen LogP contribution in [-0.4, -0.2) is 19.3 Å². The van der Waals surface area contributed by atoms with Crippen LogP contribution in [0.15, 0.2) is 84.0 Å². The van der Waals surface area contributed by atoms with Crippen LogP contribution in [-0.2, 0) is 10.0 Å². The van der Waals surface area contributed by atoms with Crippen molar-refractivity contribution < 1.29 is 13.2 Å². The summed E-state index contributed by atoms with van der Waals surface area (Å²) in [5, 5.41) is 2.70. The fraction of sp³-hybridized carbons (Fsp3) is 0. The van der Waals surface area contributed by atoms with Crippen LogP contribution in [0, 0.1) is 0 Å². The minimum Gasteiger partial charge on any atom is -0.322 e. The second kappa shape index (κ2) is 7.14. The minimum atomic E-state index is -3.68. The third kappa shape index (κ3) is 4.21. The van der Waals surface area contributed by atoms with E-state index in [1.807, 2.05) is 0 Å². The lowest BCUT2D eigenvalue weighted by Gasteiger charge is -2.09. The standard InChI is InChI=1S/C18H15N3O3S/c22-18(14-10-12-19-13-11-14)20-15-6-8-17(9-7-15)25(23,24)21-16-4-2-1-3-5-16/h1-13,21H,(H,20,22). The minimum absolute atomic E-state index is 0.110. The van der Waals surface area contributed by atoms with Crippen LogP contribution in [0.2, 0.25) is 0 Å². The predicted octanol–water partition coefficient (Wildman–Crippen LogP) is 3.13. The zero-order valence-electron chi connectivity index (χ0n) is 13.1. The van der Waals surface area contributed by atoms with Crippen LogP contribution in [0.5, 0.6) is 0 Å². The van der Waals surface area contributed by atoms with Crippen LogP contribution in [0.25, 0.3) is 0 Å². The molecule has 1 heterocycles. The molecule has 7 heteroatoms. The van der Waals surface area contributed by atoms with Gasteiger partial charge in [-0.2, -0.15) is 0 Å². The van der Waals surface area contributed by atoms with Gasteiger partial charge in [0.15, 0.2) is 0 Å². The molecule has 3 rings (SSSR count). The van der Waals surface area contributed by atoms with Crippen molar-refractivity contribution >= 4 is 27.3 Å². The highest BCUT2D eigenvalue weighted by molar-refractivity contribution is 7.92. The van der Waals surface area contributed by atoms with Crippen LogP contribution >= 0.6 is 0 Å². The number of para-hydroxylation sites is 1. The number of benzene rings is 2. The van der Waals surface area contributed by atoms with Crippen molar-refractivity contribution in [1.29, 1.82) is 0 Å². The number of sulfonamides is 1. The van der Waals surface area contributed by atoms with Crippen molar-refractivity contribution in [2.75, 3.05) is 10.0 Å².